The van der Waals surface area contributed by atoms with E-state index in [4.69, 9.17) is 5.11 Å². The summed E-state index contributed by atoms with van der Waals surface area (Å²) >= 11 is 0. The number of aliphatic hydroxyl groups is 1. The number of nitrogens with zero attached hydrogens (tertiary/aromatic N) is 1. The summed E-state index contributed by atoms with van der Waals surface area (Å²) in [5, 5.41) is 9.00. The molecule has 0 bridgehead atoms. The van der Waals surface area contributed by atoms with E-state index in [0.717, 1.165) is 18.7 Å². The second kappa shape index (κ2) is 6.56. The van der Waals surface area contributed by atoms with Crippen LogP contribution < -0.4 is 9.62 Å². The fourth-order valence-corrected chi connectivity index (χ4v) is 3.13. The van der Waals surface area contributed by atoms with Crippen LogP contribution in [0.5, 0.6) is 0 Å². The van der Waals surface area contributed by atoms with Gasteiger partial charge in [-0.1, -0.05) is 0 Å². The molecule has 1 fully saturated rings. The maximum atomic E-state index is 11.7. The zero-order chi connectivity index (χ0) is 14.6. The third-order valence-corrected chi connectivity index (χ3v) is 5.25. The van der Waals surface area contributed by atoms with E-state index in [-0.39, 0.29) is 11.5 Å². The van der Waals surface area contributed by atoms with Gasteiger partial charge in [-0.15, -0.1) is 0 Å². The van der Waals surface area contributed by atoms with Gasteiger partial charge in [0.1, 0.15) is 0 Å². The fourth-order valence-electron chi connectivity index (χ4n) is 2.40. The molecule has 2 N–H and O–H groups in total. The van der Waals surface area contributed by atoms with Crippen LogP contribution in [0.25, 0.3) is 0 Å². The molecular weight excluding hydrogens is 276 g/mol. The Bertz CT molecular complexity index is 524. The van der Waals surface area contributed by atoms with Crippen molar-refractivity contribution < 1.29 is 13.5 Å². The normalized spacial score (nSPS) is 15.9. The number of nitrogens with one attached hydrogen (secondary N) is 1. The minimum Gasteiger partial charge on any atom is -0.396 e. The summed E-state index contributed by atoms with van der Waals surface area (Å²) in [5.74, 6) is 0. The molecule has 1 aliphatic rings. The molecule has 6 heteroatoms. The summed E-state index contributed by atoms with van der Waals surface area (Å²) in [6, 6.07) is 7.48. The van der Waals surface area contributed by atoms with E-state index in [1.807, 2.05) is 12.1 Å². The van der Waals surface area contributed by atoms with Crippen LogP contribution in [0.3, 0.4) is 0 Å². The second-order valence-corrected chi connectivity index (χ2v) is 6.94. The van der Waals surface area contributed by atoms with E-state index in [9.17, 15) is 8.42 Å². The lowest BCUT2D eigenvalue weighted by Crippen LogP contribution is -2.41. The first-order valence-corrected chi connectivity index (χ1v) is 8.48. The Kier molecular flexibility index (Phi) is 5.01. The molecule has 0 atom stereocenters. The van der Waals surface area contributed by atoms with Gasteiger partial charge in [0.25, 0.3) is 0 Å². The molecule has 1 aromatic rings. The van der Waals surface area contributed by atoms with Gasteiger partial charge in [-0.3, -0.25) is 0 Å². The Balaban J connectivity index is 2.17. The molecular formula is C14H22N2O3S. The van der Waals surface area contributed by atoms with Gasteiger partial charge in [-0.05, 0) is 57.0 Å². The van der Waals surface area contributed by atoms with Crippen LogP contribution >= 0.6 is 0 Å². The highest BCUT2D eigenvalue weighted by Crippen LogP contribution is 2.30. The number of sulfonamides is 1. The molecule has 1 saturated carbocycles. The Morgan fingerprint density at radius 2 is 1.95 bits per heavy atom. The van der Waals surface area contributed by atoms with Crippen molar-refractivity contribution in [2.45, 2.75) is 36.6 Å². The van der Waals surface area contributed by atoms with Crippen LogP contribution in [0, 0.1) is 0 Å². The average molecular weight is 298 g/mol. The lowest BCUT2D eigenvalue weighted by molar-refractivity contribution is 0.283. The number of benzene rings is 1. The van der Waals surface area contributed by atoms with Gasteiger partial charge in [0.15, 0.2) is 0 Å². The molecule has 0 saturated heterocycles. The van der Waals surface area contributed by atoms with Crippen LogP contribution in [0.2, 0.25) is 0 Å². The molecule has 2 rings (SSSR count). The largest absolute Gasteiger partial charge is 0.396 e. The first-order valence-electron chi connectivity index (χ1n) is 6.99. The molecule has 0 unspecified atom stereocenters. The Hall–Kier alpha value is -1.11. The van der Waals surface area contributed by atoms with Crippen molar-refractivity contribution in [2.24, 2.45) is 0 Å². The predicted octanol–water partition coefficient (Wildman–Crippen LogP) is 1.34. The van der Waals surface area contributed by atoms with Crippen LogP contribution in [-0.2, 0) is 10.0 Å². The molecule has 112 valence electrons. The number of rotatable bonds is 7. The summed E-state index contributed by atoms with van der Waals surface area (Å²) in [6.07, 6.45) is 4.31. The topological polar surface area (TPSA) is 69.6 Å². The molecule has 0 radical (unpaired) electrons. The smallest absolute Gasteiger partial charge is 0.240 e. The van der Waals surface area contributed by atoms with Crippen molar-refractivity contribution in [3.63, 3.8) is 0 Å². The number of hydrogen-bond acceptors (Lipinski definition) is 4. The van der Waals surface area contributed by atoms with Crippen molar-refractivity contribution in [1.82, 2.24) is 4.72 Å². The van der Waals surface area contributed by atoms with Gasteiger partial charge < -0.3 is 10.0 Å². The van der Waals surface area contributed by atoms with Gasteiger partial charge in [0, 0.05) is 24.9 Å². The fraction of sp³-hybridized carbons (Fsp3) is 0.571. The minimum atomic E-state index is -3.38. The second-order valence-electron chi connectivity index (χ2n) is 5.06. The number of aliphatic hydroxyl groups excluding tert-OH is 1. The Morgan fingerprint density at radius 3 is 2.40 bits per heavy atom. The summed E-state index contributed by atoms with van der Waals surface area (Å²) in [4.78, 5) is 2.55. The van der Waals surface area contributed by atoms with Gasteiger partial charge in [-0.25, -0.2) is 13.1 Å². The van der Waals surface area contributed by atoms with E-state index < -0.39 is 10.0 Å². The van der Waals surface area contributed by atoms with Crippen molar-refractivity contribution in [3.8, 4) is 0 Å². The van der Waals surface area contributed by atoms with Crippen LogP contribution in [0.4, 0.5) is 5.69 Å². The highest BCUT2D eigenvalue weighted by molar-refractivity contribution is 7.89. The Labute approximate surface area is 120 Å². The first kappa shape index (κ1) is 15.3. The number of anilines is 1. The summed E-state index contributed by atoms with van der Waals surface area (Å²) in [6.45, 7) is 0.981. The maximum Gasteiger partial charge on any atom is 0.240 e. The minimum absolute atomic E-state index is 0.176. The molecule has 20 heavy (non-hydrogen) atoms. The van der Waals surface area contributed by atoms with Crippen molar-refractivity contribution >= 4 is 15.7 Å². The molecule has 0 heterocycles. The lowest BCUT2D eigenvalue weighted by atomic mass is 9.91. The first-order chi connectivity index (χ1) is 9.58. The predicted molar refractivity (Wildman–Crippen MR) is 79.4 cm³/mol. The number of hydrogen-bond donors (Lipinski definition) is 2. The van der Waals surface area contributed by atoms with Crippen LogP contribution in [0.1, 0.15) is 25.7 Å². The standard InChI is InChI=1S/C14H22N2O3S/c1-15-20(18,19)14-8-6-13(7-9-14)16(10-3-11-17)12-4-2-5-12/h6-9,12,15,17H,2-5,10-11H2,1H3. The van der Waals surface area contributed by atoms with E-state index in [1.54, 1.807) is 12.1 Å². The van der Waals surface area contributed by atoms with E-state index in [0.29, 0.717) is 6.04 Å². The molecule has 0 aromatic heterocycles. The highest BCUT2D eigenvalue weighted by Gasteiger charge is 2.25. The van der Waals surface area contributed by atoms with Gasteiger partial charge in [-0.2, -0.15) is 0 Å². The highest BCUT2D eigenvalue weighted by atomic mass is 32.2. The molecule has 1 aromatic carbocycles. The quantitative estimate of drug-likeness (QED) is 0.797. The van der Waals surface area contributed by atoms with Crippen LogP contribution in [-0.4, -0.2) is 39.8 Å². The molecule has 0 aliphatic heterocycles. The molecule has 0 spiro atoms. The zero-order valence-corrected chi connectivity index (χ0v) is 12.6. The van der Waals surface area contributed by atoms with E-state index >= 15 is 0 Å². The summed E-state index contributed by atoms with van der Waals surface area (Å²) < 4.78 is 25.7. The van der Waals surface area contributed by atoms with Gasteiger partial charge in [0.2, 0.25) is 10.0 Å². The molecule has 1 aliphatic carbocycles. The zero-order valence-electron chi connectivity index (χ0n) is 11.7. The summed E-state index contributed by atoms with van der Waals surface area (Å²) in [7, 11) is -1.97. The van der Waals surface area contributed by atoms with Gasteiger partial charge in [0.05, 0.1) is 4.90 Å². The SMILES string of the molecule is CNS(=O)(=O)c1ccc(N(CCCO)C2CCC2)cc1. The Morgan fingerprint density at radius 1 is 1.30 bits per heavy atom. The van der Waals surface area contributed by atoms with E-state index in [2.05, 4.69) is 9.62 Å². The molecule has 5 nitrogen and oxygen atoms in total. The molecule has 0 amide bonds. The summed E-state index contributed by atoms with van der Waals surface area (Å²) in [5.41, 5.74) is 1.03. The van der Waals surface area contributed by atoms with Crippen molar-refractivity contribution in [2.75, 3.05) is 25.1 Å². The average Bonchev–Trinajstić information content (AvgIpc) is 2.41. The lowest BCUT2D eigenvalue weighted by Gasteiger charge is -2.39. The monoisotopic (exact) mass is 298 g/mol. The van der Waals surface area contributed by atoms with Gasteiger partial charge >= 0.3 is 0 Å². The van der Waals surface area contributed by atoms with Crippen molar-refractivity contribution in [3.05, 3.63) is 24.3 Å². The maximum absolute atomic E-state index is 11.7. The third kappa shape index (κ3) is 3.31. The van der Waals surface area contributed by atoms with Crippen LogP contribution in [0.15, 0.2) is 29.2 Å². The van der Waals surface area contributed by atoms with E-state index in [1.165, 1.54) is 26.3 Å². The van der Waals surface area contributed by atoms with Crippen molar-refractivity contribution in [1.29, 1.82) is 0 Å². The third-order valence-electron chi connectivity index (χ3n) is 3.82.